The van der Waals surface area contributed by atoms with Crippen LogP contribution in [0.4, 0.5) is 32.2 Å². The van der Waals surface area contributed by atoms with E-state index in [-0.39, 0.29) is 0 Å². The maximum absolute atomic E-state index is 10.6. The molecule has 4 rings (SSSR count). The van der Waals surface area contributed by atoms with Crippen molar-refractivity contribution in [3.8, 4) is 10.8 Å². The number of carboxylic acids is 2. The first kappa shape index (κ1) is 31.5. The Morgan fingerprint density at radius 1 is 1.10 bits per heavy atom. The van der Waals surface area contributed by atoms with Gasteiger partial charge in [0, 0.05) is 17.7 Å². The third-order valence-corrected chi connectivity index (χ3v) is 5.85. The smallest absolute Gasteiger partial charge is 0.475 e. The normalized spacial score (nSPS) is 13.9. The molecule has 1 fully saturated rings. The zero-order chi connectivity index (χ0) is 29.2. The van der Waals surface area contributed by atoms with E-state index in [2.05, 4.69) is 31.7 Å². The van der Waals surface area contributed by atoms with Crippen LogP contribution in [-0.4, -0.2) is 62.5 Å². The maximum Gasteiger partial charge on any atom is 0.490 e. The minimum absolute atomic E-state index is 0.518. The van der Waals surface area contributed by atoms with Crippen LogP contribution < -0.4 is 10.6 Å². The van der Waals surface area contributed by atoms with Crippen LogP contribution in [0.25, 0.3) is 10.8 Å². The maximum atomic E-state index is 10.6. The van der Waals surface area contributed by atoms with Gasteiger partial charge in [-0.05, 0) is 44.3 Å². The monoisotopic (exact) mass is 583 g/mol. The van der Waals surface area contributed by atoms with Gasteiger partial charge in [0.2, 0.25) is 5.89 Å². The van der Waals surface area contributed by atoms with Crippen LogP contribution in [0.5, 0.6) is 0 Å². The molecule has 0 atom stereocenters. The molecular weight excluding hydrogens is 560 g/mol. The molecule has 0 saturated carbocycles. The lowest BCUT2D eigenvalue weighted by atomic mass is 9.94. The molecule has 10 nitrogen and oxygen atoms in total. The number of aryl methyl sites for hydroxylation is 1. The number of halogens is 6. The first-order valence-corrected chi connectivity index (χ1v) is 11.9. The SMILES string of the molecule is Cc1oc(-c2cccs2)nc1CNc1cc(C2CCNCC2)ncn1.O=C(O)C(F)(F)F.O=C(O)C(F)(F)F. The van der Waals surface area contributed by atoms with Gasteiger partial charge in [-0.1, -0.05) is 6.07 Å². The minimum atomic E-state index is -5.08. The summed E-state index contributed by atoms with van der Waals surface area (Å²) >= 11 is 1.63. The van der Waals surface area contributed by atoms with Gasteiger partial charge in [-0.15, -0.1) is 11.3 Å². The molecule has 0 radical (unpaired) electrons. The third-order valence-electron chi connectivity index (χ3n) is 4.99. The van der Waals surface area contributed by atoms with Gasteiger partial charge < -0.3 is 25.3 Å². The Labute approximate surface area is 221 Å². The molecule has 39 heavy (non-hydrogen) atoms. The van der Waals surface area contributed by atoms with Crippen molar-refractivity contribution in [2.24, 2.45) is 0 Å². The summed E-state index contributed by atoms with van der Waals surface area (Å²) in [7, 11) is 0. The van der Waals surface area contributed by atoms with Crippen molar-refractivity contribution in [2.75, 3.05) is 18.4 Å². The number of aromatic nitrogens is 3. The highest BCUT2D eigenvalue weighted by Gasteiger charge is 2.38. The van der Waals surface area contributed by atoms with E-state index in [0.29, 0.717) is 18.4 Å². The van der Waals surface area contributed by atoms with Crippen LogP contribution in [-0.2, 0) is 16.1 Å². The summed E-state index contributed by atoms with van der Waals surface area (Å²) in [5, 5.41) is 23.0. The number of alkyl halides is 6. The highest BCUT2D eigenvalue weighted by atomic mass is 32.1. The average Bonchev–Trinajstić information content (AvgIpc) is 3.53. The van der Waals surface area contributed by atoms with Crippen molar-refractivity contribution in [2.45, 2.75) is 44.6 Å². The van der Waals surface area contributed by atoms with Gasteiger partial charge in [0.15, 0.2) is 0 Å². The fourth-order valence-corrected chi connectivity index (χ4v) is 3.73. The van der Waals surface area contributed by atoms with Gasteiger partial charge in [0.25, 0.3) is 0 Å². The van der Waals surface area contributed by atoms with Crippen molar-refractivity contribution in [3.05, 3.63) is 47.1 Å². The second-order valence-electron chi connectivity index (χ2n) is 7.81. The zero-order valence-corrected chi connectivity index (χ0v) is 21.0. The van der Waals surface area contributed by atoms with Gasteiger partial charge in [-0.25, -0.2) is 24.5 Å². The van der Waals surface area contributed by atoms with E-state index in [1.807, 2.05) is 24.4 Å². The molecule has 4 heterocycles. The topological polar surface area (TPSA) is 150 Å². The molecular formula is C22H23F6N5O5S. The molecule has 0 unspecified atom stereocenters. The molecule has 0 aromatic carbocycles. The van der Waals surface area contributed by atoms with Crippen molar-refractivity contribution in [1.82, 2.24) is 20.3 Å². The number of nitrogens with one attached hydrogen (secondary N) is 2. The largest absolute Gasteiger partial charge is 0.490 e. The molecule has 3 aromatic heterocycles. The van der Waals surface area contributed by atoms with Crippen molar-refractivity contribution in [3.63, 3.8) is 0 Å². The third kappa shape index (κ3) is 10.5. The summed E-state index contributed by atoms with van der Waals surface area (Å²) in [4.78, 5) is 32.3. The standard InChI is InChI=1S/C18H21N5OS.2C2HF3O2/c1-12-15(23-18(24-12)16-3-2-8-25-16)10-20-17-9-14(21-11-22-17)13-4-6-19-7-5-13;2*3-2(4,5)1(6)7/h2-3,8-9,11,13,19H,4-7,10H2,1H3,(H,20,21,22);2*(H,6,7). The second-order valence-corrected chi connectivity index (χ2v) is 8.76. The Bertz CT molecular complexity index is 1190. The number of thiophene rings is 1. The number of nitrogens with zero attached hydrogens (tertiary/aromatic N) is 3. The van der Waals surface area contributed by atoms with Crippen LogP contribution in [0, 0.1) is 6.92 Å². The van der Waals surface area contributed by atoms with Gasteiger partial charge >= 0.3 is 24.3 Å². The molecule has 3 aromatic rings. The first-order chi connectivity index (χ1) is 18.2. The number of rotatable bonds is 5. The Kier molecular flexibility index (Phi) is 11.2. The summed E-state index contributed by atoms with van der Waals surface area (Å²) in [5.41, 5.74) is 2.03. The van der Waals surface area contributed by atoms with E-state index in [0.717, 1.165) is 53.8 Å². The molecule has 0 aliphatic carbocycles. The average molecular weight is 584 g/mol. The number of hydrogen-bond acceptors (Lipinski definition) is 9. The molecule has 214 valence electrons. The van der Waals surface area contributed by atoms with Crippen LogP contribution in [0.2, 0.25) is 0 Å². The van der Waals surface area contributed by atoms with E-state index >= 15 is 0 Å². The fraction of sp³-hybridized carbons (Fsp3) is 0.409. The molecule has 4 N–H and O–H groups in total. The van der Waals surface area contributed by atoms with Crippen molar-refractivity contribution < 1.29 is 50.6 Å². The highest BCUT2D eigenvalue weighted by Crippen LogP contribution is 2.27. The lowest BCUT2D eigenvalue weighted by Gasteiger charge is -2.22. The summed E-state index contributed by atoms with van der Waals surface area (Å²) in [5.74, 6) is -2.64. The lowest BCUT2D eigenvalue weighted by Crippen LogP contribution is -2.27. The van der Waals surface area contributed by atoms with E-state index in [4.69, 9.17) is 24.2 Å². The van der Waals surface area contributed by atoms with E-state index in [1.165, 1.54) is 0 Å². The Morgan fingerprint density at radius 2 is 1.69 bits per heavy atom. The fourth-order valence-electron chi connectivity index (χ4n) is 3.08. The van der Waals surface area contributed by atoms with Gasteiger partial charge in [0.05, 0.1) is 11.4 Å². The molecule has 1 aliphatic rings. The predicted molar refractivity (Wildman–Crippen MR) is 126 cm³/mol. The second kappa shape index (κ2) is 13.9. The number of carboxylic acid groups (broad SMARTS) is 2. The van der Waals surface area contributed by atoms with Gasteiger partial charge in [-0.3, -0.25) is 0 Å². The number of aliphatic carboxylic acids is 2. The van der Waals surface area contributed by atoms with Gasteiger partial charge in [-0.2, -0.15) is 26.3 Å². The van der Waals surface area contributed by atoms with Crippen LogP contribution in [0.1, 0.15) is 35.9 Å². The molecule has 17 heteroatoms. The number of anilines is 1. The summed E-state index contributed by atoms with van der Waals surface area (Å²) in [6.07, 6.45) is -6.27. The van der Waals surface area contributed by atoms with E-state index < -0.39 is 24.3 Å². The number of oxazole rings is 1. The van der Waals surface area contributed by atoms with Crippen molar-refractivity contribution in [1.29, 1.82) is 0 Å². The minimum Gasteiger partial charge on any atom is -0.475 e. The number of carbonyl (C=O) groups is 2. The van der Waals surface area contributed by atoms with E-state index in [9.17, 15) is 26.3 Å². The molecule has 0 amide bonds. The zero-order valence-electron chi connectivity index (χ0n) is 20.1. The van der Waals surface area contributed by atoms with E-state index in [1.54, 1.807) is 17.7 Å². The van der Waals surface area contributed by atoms with Crippen LogP contribution >= 0.6 is 11.3 Å². The Hall–Kier alpha value is -3.73. The first-order valence-electron chi connectivity index (χ1n) is 11.1. The molecule has 1 saturated heterocycles. The summed E-state index contributed by atoms with van der Waals surface area (Å²) in [6, 6.07) is 6.08. The summed E-state index contributed by atoms with van der Waals surface area (Å²) in [6.45, 7) is 4.65. The quantitative estimate of drug-likeness (QED) is 0.307. The van der Waals surface area contributed by atoms with Crippen LogP contribution in [0.15, 0.2) is 34.3 Å². The Morgan fingerprint density at radius 3 is 2.21 bits per heavy atom. The molecule has 1 aliphatic heterocycles. The molecule has 0 spiro atoms. The number of hydrogen-bond donors (Lipinski definition) is 4. The Balaban J connectivity index is 0.000000317. The predicted octanol–water partition coefficient (Wildman–Crippen LogP) is 4.85. The molecule has 0 bridgehead atoms. The van der Waals surface area contributed by atoms with Crippen LogP contribution in [0.3, 0.4) is 0 Å². The van der Waals surface area contributed by atoms with Gasteiger partial charge in [0.1, 0.15) is 23.6 Å². The highest BCUT2D eigenvalue weighted by molar-refractivity contribution is 7.13. The van der Waals surface area contributed by atoms with Crippen molar-refractivity contribution >= 4 is 29.1 Å². The summed E-state index contributed by atoms with van der Waals surface area (Å²) < 4.78 is 69.3. The number of piperidine rings is 1. The lowest BCUT2D eigenvalue weighted by molar-refractivity contribution is -0.193.